The number of nitro groups is 1. The van der Waals surface area contributed by atoms with Crippen molar-refractivity contribution in [1.29, 1.82) is 0 Å². The first-order chi connectivity index (χ1) is 16.6. The molecule has 2 heterocycles. The molecule has 1 saturated heterocycles. The zero-order valence-corrected chi connectivity index (χ0v) is 20.9. The molecule has 3 aromatic rings. The van der Waals surface area contributed by atoms with E-state index in [-0.39, 0.29) is 35.5 Å². The van der Waals surface area contributed by atoms with E-state index < -0.39 is 14.9 Å². The summed E-state index contributed by atoms with van der Waals surface area (Å²) < 4.78 is 29.8. The number of anilines is 1. The second-order valence-corrected chi connectivity index (χ2v) is 11.4. The number of carbonyl (C=O) groups is 1. The first kappa shape index (κ1) is 24.9. The Labute approximate surface area is 204 Å². The average molecular weight is 499 g/mol. The molecule has 1 aliphatic heterocycles. The molecule has 10 heteroatoms. The van der Waals surface area contributed by atoms with Crippen LogP contribution in [0.3, 0.4) is 0 Å². The lowest BCUT2D eigenvalue weighted by molar-refractivity contribution is -0.385. The number of sulfonamides is 1. The third kappa shape index (κ3) is 5.23. The molecule has 0 atom stereocenters. The number of aromatic nitrogens is 1. The van der Waals surface area contributed by atoms with Crippen molar-refractivity contribution in [3.05, 3.63) is 64.3 Å². The van der Waals surface area contributed by atoms with Crippen LogP contribution in [0.2, 0.25) is 0 Å². The van der Waals surface area contributed by atoms with Gasteiger partial charge in [-0.15, -0.1) is 0 Å². The highest BCUT2D eigenvalue weighted by atomic mass is 32.2. The molecule has 0 saturated carbocycles. The fraction of sp³-hybridized carbons (Fsp3) is 0.400. The molecule has 1 N–H and O–H groups in total. The van der Waals surface area contributed by atoms with E-state index in [0.29, 0.717) is 30.0 Å². The van der Waals surface area contributed by atoms with Gasteiger partial charge in [0.1, 0.15) is 0 Å². The van der Waals surface area contributed by atoms with Gasteiger partial charge in [-0.25, -0.2) is 8.42 Å². The maximum Gasteiger partial charge on any atom is 0.270 e. The molecule has 1 amide bonds. The van der Waals surface area contributed by atoms with Gasteiger partial charge in [-0.3, -0.25) is 14.9 Å². The zero-order chi connectivity index (χ0) is 25.3. The number of nitro benzene ring substituents is 1. The van der Waals surface area contributed by atoms with Crippen LogP contribution < -0.4 is 5.32 Å². The van der Waals surface area contributed by atoms with Crippen LogP contribution in [0, 0.1) is 28.9 Å². The van der Waals surface area contributed by atoms with Gasteiger partial charge in [-0.1, -0.05) is 19.9 Å². The number of aryl methyl sites for hydroxylation is 1. The fourth-order valence-corrected chi connectivity index (χ4v) is 6.27. The molecule has 2 aromatic carbocycles. The van der Waals surface area contributed by atoms with Crippen LogP contribution in [0.5, 0.6) is 0 Å². The highest BCUT2D eigenvalue weighted by Gasteiger charge is 2.33. The van der Waals surface area contributed by atoms with Crippen LogP contribution in [-0.2, 0) is 21.4 Å². The van der Waals surface area contributed by atoms with Crippen molar-refractivity contribution >= 4 is 38.2 Å². The Hall–Kier alpha value is -3.24. The molecule has 1 aromatic heterocycles. The van der Waals surface area contributed by atoms with Crippen molar-refractivity contribution < 1.29 is 18.1 Å². The molecule has 4 rings (SSSR count). The first-order valence-corrected chi connectivity index (χ1v) is 13.1. The van der Waals surface area contributed by atoms with Crippen molar-refractivity contribution in [3.8, 4) is 0 Å². The van der Waals surface area contributed by atoms with Crippen LogP contribution in [-0.4, -0.2) is 41.2 Å². The summed E-state index contributed by atoms with van der Waals surface area (Å²) in [6.07, 6.45) is 2.81. The Morgan fingerprint density at radius 1 is 1.14 bits per heavy atom. The number of hydrogen-bond acceptors (Lipinski definition) is 5. The molecule has 35 heavy (non-hydrogen) atoms. The van der Waals surface area contributed by atoms with E-state index in [1.807, 2.05) is 24.3 Å². The highest BCUT2D eigenvalue weighted by molar-refractivity contribution is 7.89. The lowest BCUT2D eigenvalue weighted by atomic mass is 9.97. The van der Waals surface area contributed by atoms with E-state index in [4.69, 9.17) is 0 Å². The van der Waals surface area contributed by atoms with E-state index in [9.17, 15) is 23.3 Å². The Morgan fingerprint density at radius 3 is 2.51 bits per heavy atom. The molecular formula is C25H30N4O5S. The zero-order valence-electron chi connectivity index (χ0n) is 20.1. The molecule has 1 fully saturated rings. The van der Waals surface area contributed by atoms with Crippen LogP contribution >= 0.6 is 0 Å². The number of amides is 1. The van der Waals surface area contributed by atoms with E-state index >= 15 is 0 Å². The van der Waals surface area contributed by atoms with Crippen molar-refractivity contribution in [3.63, 3.8) is 0 Å². The summed E-state index contributed by atoms with van der Waals surface area (Å²) in [6, 6.07) is 11.7. The van der Waals surface area contributed by atoms with Gasteiger partial charge in [0.25, 0.3) is 5.69 Å². The van der Waals surface area contributed by atoms with E-state index in [1.165, 1.54) is 16.4 Å². The monoisotopic (exact) mass is 498 g/mol. The van der Waals surface area contributed by atoms with Gasteiger partial charge in [0.15, 0.2) is 0 Å². The van der Waals surface area contributed by atoms with E-state index in [1.54, 1.807) is 6.92 Å². The molecule has 9 nitrogen and oxygen atoms in total. The molecule has 0 radical (unpaired) electrons. The minimum absolute atomic E-state index is 0.0627. The molecule has 0 spiro atoms. The smallest absolute Gasteiger partial charge is 0.270 e. The van der Waals surface area contributed by atoms with E-state index in [2.05, 4.69) is 29.9 Å². The third-order valence-electron chi connectivity index (χ3n) is 6.43. The maximum absolute atomic E-state index is 13.1. The predicted molar refractivity (Wildman–Crippen MR) is 135 cm³/mol. The molecular weight excluding hydrogens is 468 g/mol. The number of benzene rings is 2. The molecule has 0 aliphatic carbocycles. The normalized spacial score (nSPS) is 15.5. The number of rotatable bonds is 7. The number of fused-ring (bicyclic) bond motifs is 1. The van der Waals surface area contributed by atoms with Crippen LogP contribution in [0.15, 0.2) is 53.6 Å². The third-order valence-corrected chi connectivity index (χ3v) is 8.47. The lowest BCUT2D eigenvalue weighted by Gasteiger charge is -2.30. The number of nitrogens with one attached hydrogen (secondary N) is 1. The quantitative estimate of drug-likeness (QED) is 0.379. The fourth-order valence-electron chi connectivity index (χ4n) is 4.55. The van der Waals surface area contributed by atoms with Gasteiger partial charge in [0, 0.05) is 60.5 Å². The van der Waals surface area contributed by atoms with Gasteiger partial charge in [0.05, 0.1) is 9.82 Å². The summed E-state index contributed by atoms with van der Waals surface area (Å²) in [5.74, 6) is 0.0871. The predicted octanol–water partition coefficient (Wildman–Crippen LogP) is 4.55. The summed E-state index contributed by atoms with van der Waals surface area (Å²) >= 11 is 0. The summed E-state index contributed by atoms with van der Waals surface area (Å²) in [7, 11) is -3.89. The molecule has 1 aliphatic rings. The Bertz CT molecular complexity index is 1370. The summed E-state index contributed by atoms with van der Waals surface area (Å²) in [5, 5.41) is 15.1. The van der Waals surface area contributed by atoms with Crippen molar-refractivity contribution in [2.24, 2.45) is 11.8 Å². The summed E-state index contributed by atoms with van der Waals surface area (Å²) in [6.45, 7) is 7.24. The standard InChI is InChI=1S/C25H30N4O5S/c1-17(2)16-27-11-8-20-14-21(5-7-23(20)27)26-25(30)19-9-12-28(13-10-19)35(33,34)24-15-22(29(31)32)6-4-18(24)3/h4-8,11,14-15,17,19H,9-10,12-13,16H2,1-3H3,(H,26,30). The second kappa shape index (κ2) is 9.79. The maximum atomic E-state index is 13.1. The van der Waals surface area contributed by atoms with Gasteiger partial charge in [-0.2, -0.15) is 4.31 Å². The Morgan fingerprint density at radius 2 is 1.86 bits per heavy atom. The first-order valence-electron chi connectivity index (χ1n) is 11.7. The lowest BCUT2D eigenvalue weighted by Crippen LogP contribution is -2.41. The van der Waals surface area contributed by atoms with Crippen molar-refractivity contribution in [2.75, 3.05) is 18.4 Å². The van der Waals surface area contributed by atoms with Crippen molar-refractivity contribution in [1.82, 2.24) is 8.87 Å². The van der Waals surface area contributed by atoms with Crippen molar-refractivity contribution in [2.45, 2.75) is 45.1 Å². The highest BCUT2D eigenvalue weighted by Crippen LogP contribution is 2.29. The SMILES string of the molecule is Cc1ccc([N+](=O)[O-])cc1S(=O)(=O)N1CCC(C(=O)Nc2ccc3c(ccn3CC(C)C)c2)CC1. The minimum atomic E-state index is -3.89. The Kier molecular flexibility index (Phi) is 6.95. The largest absolute Gasteiger partial charge is 0.347 e. The summed E-state index contributed by atoms with van der Waals surface area (Å²) in [4.78, 5) is 23.3. The number of piperidine rings is 1. The number of nitrogens with zero attached hydrogens (tertiary/aromatic N) is 3. The van der Waals surface area contributed by atoms with Gasteiger partial charge in [-0.05, 0) is 55.5 Å². The molecule has 0 unspecified atom stereocenters. The second-order valence-electron chi connectivity index (χ2n) is 9.51. The van der Waals surface area contributed by atoms with Gasteiger partial charge in [0.2, 0.25) is 15.9 Å². The minimum Gasteiger partial charge on any atom is -0.347 e. The van der Waals surface area contributed by atoms with E-state index in [0.717, 1.165) is 23.5 Å². The number of non-ortho nitro benzene ring substituents is 1. The van der Waals surface area contributed by atoms with Gasteiger partial charge < -0.3 is 9.88 Å². The van der Waals surface area contributed by atoms with Crippen LogP contribution in [0.1, 0.15) is 32.3 Å². The number of hydrogen-bond donors (Lipinski definition) is 1. The topological polar surface area (TPSA) is 115 Å². The molecule has 0 bridgehead atoms. The van der Waals surface area contributed by atoms with Gasteiger partial charge >= 0.3 is 0 Å². The summed E-state index contributed by atoms with van der Waals surface area (Å²) in [5.41, 5.74) is 2.02. The molecule has 186 valence electrons. The Balaban J connectivity index is 1.41. The number of carbonyl (C=O) groups excluding carboxylic acids is 1. The average Bonchev–Trinajstić information content (AvgIpc) is 3.20. The van der Waals surface area contributed by atoms with Crippen LogP contribution in [0.4, 0.5) is 11.4 Å². The van der Waals surface area contributed by atoms with Crippen LogP contribution in [0.25, 0.3) is 10.9 Å².